The number of nitrogens with one attached hydrogen (secondary N) is 2. The Kier molecular flexibility index (Phi) is 8.02. The predicted molar refractivity (Wildman–Crippen MR) is 141 cm³/mol. The van der Waals surface area contributed by atoms with E-state index >= 15 is 0 Å². The number of amides is 2. The van der Waals surface area contributed by atoms with Crippen LogP contribution >= 0.6 is 0 Å². The van der Waals surface area contributed by atoms with E-state index in [9.17, 15) is 14.4 Å². The van der Waals surface area contributed by atoms with Crippen molar-refractivity contribution in [1.82, 2.24) is 20.6 Å². The van der Waals surface area contributed by atoms with E-state index in [1.54, 1.807) is 45.2 Å². The minimum atomic E-state index is -1.02. The number of methoxy groups -OCH3 is 1. The number of nitrogens with two attached hydrogens (primary N) is 1. The second-order valence-corrected chi connectivity index (χ2v) is 9.43. The third-order valence-corrected chi connectivity index (χ3v) is 6.42. The molecule has 1 aliphatic heterocycles. The average Bonchev–Trinajstić information content (AvgIpc) is 3.66. The highest BCUT2D eigenvalue weighted by Crippen LogP contribution is 2.29. The van der Waals surface area contributed by atoms with Crippen LogP contribution in [0.1, 0.15) is 34.2 Å². The highest BCUT2D eigenvalue weighted by atomic mass is 16.6. The van der Waals surface area contributed by atoms with Gasteiger partial charge in [0, 0.05) is 12.6 Å². The smallest absolute Gasteiger partial charge is 0.257 e. The number of aryl methyl sites for hydroxylation is 1. The van der Waals surface area contributed by atoms with Crippen molar-refractivity contribution in [3.05, 3.63) is 83.3 Å². The number of rotatable bonds is 11. The molecule has 3 aromatic rings. The molecule has 0 radical (unpaired) electrons. The average molecular weight is 518 g/mol. The van der Waals surface area contributed by atoms with Crippen LogP contribution in [0.4, 0.5) is 5.82 Å². The number of benzene rings is 2. The number of nitrogens with zero attached hydrogens (tertiary/aromatic N) is 2. The molecule has 2 amide bonds. The van der Waals surface area contributed by atoms with Gasteiger partial charge >= 0.3 is 0 Å². The van der Waals surface area contributed by atoms with Crippen LogP contribution in [-0.2, 0) is 27.2 Å². The molecule has 4 N–H and O–H groups in total. The molecule has 0 saturated carbocycles. The fourth-order valence-corrected chi connectivity index (χ4v) is 4.06. The van der Waals surface area contributed by atoms with Gasteiger partial charge < -0.3 is 25.8 Å². The first-order valence-corrected chi connectivity index (χ1v) is 12.2. The normalized spacial score (nSPS) is 17.7. The molecular weight excluding hydrogens is 486 g/mol. The van der Waals surface area contributed by atoms with Gasteiger partial charge in [-0.1, -0.05) is 42.5 Å². The lowest BCUT2D eigenvalue weighted by atomic mass is 9.94. The zero-order valence-electron chi connectivity index (χ0n) is 21.6. The van der Waals surface area contributed by atoms with Gasteiger partial charge in [-0.2, -0.15) is 0 Å². The minimum absolute atomic E-state index is 0.00884. The summed E-state index contributed by atoms with van der Waals surface area (Å²) >= 11 is 0. The van der Waals surface area contributed by atoms with Crippen molar-refractivity contribution in [2.24, 2.45) is 0 Å². The molecule has 3 atom stereocenters. The summed E-state index contributed by atoms with van der Waals surface area (Å²) in [6, 6.07) is 14.7. The maximum absolute atomic E-state index is 13.6. The van der Waals surface area contributed by atoms with Crippen molar-refractivity contribution in [3.8, 4) is 5.75 Å². The van der Waals surface area contributed by atoms with Gasteiger partial charge in [-0.25, -0.2) is 9.97 Å². The topological polar surface area (TPSA) is 149 Å². The van der Waals surface area contributed by atoms with Crippen LogP contribution in [0.15, 0.2) is 60.8 Å². The zero-order valence-corrected chi connectivity index (χ0v) is 21.6. The summed E-state index contributed by atoms with van der Waals surface area (Å²) in [6.07, 6.45) is 1.77. The van der Waals surface area contributed by atoms with Crippen molar-refractivity contribution in [3.63, 3.8) is 0 Å². The first-order chi connectivity index (χ1) is 18.2. The van der Waals surface area contributed by atoms with Gasteiger partial charge in [0.25, 0.3) is 5.91 Å². The van der Waals surface area contributed by atoms with Crippen LogP contribution in [0.5, 0.6) is 5.75 Å². The number of Topliss-reactive ketones (excluding diaryl/α,β-unsaturated/α-hetero) is 1. The SMILES string of the molecule is COc1ccc(C[C@H](NC(=O)c2cnc(C)nc2N)C(=O)N[C@@H](Cc2ccccc2)C(=O)[C@@]2(C)CO2)cc1. The molecule has 1 saturated heterocycles. The Balaban J connectivity index is 1.58. The van der Waals surface area contributed by atoms with Gasteiger partial charge in [-0.15, -0.1) is 0 Å². The van der Waals surface area contributed by atoms with Gasteiger partial charge in [0.15, 0.2) is 5.78 Å². The summed E-state index contributed by atoms with van der Waals surface area (Å²) in [5, 5.41) is 5.61. The van der Waals surface area contributed by atoms with Gasteiger partial charge in [0.05, 0.1) is 25.3 Å². The zero-order chi connectivity index (χ0) is 27.3. The fraction of sp³-hybridized carbons (Fsp3) is 0.321. The summed E-state index contributed by atoms with van der Waals surface area (Å²) < 4.78 is 10.6. The van der Waals surface area contributed by atoms with E-state index in [1.165, 1.54) is 6.20 Å². The third kappa shape index (κ3) is 6.51. The molecule has 0 unspecified atom stereocenters. The molecule has 10 nitrogen and oxygen atoms in total. The lowest BCUT2D eigenvalue weighted by Gasteiger charge is -2.24. The number of epoxide rings is 1. The number of nitrogen functional groups attached to an aromatic ring is 1. The van der Waals surface area contributed by atoms with Crippen LogP contribution < -0.4 is 21.1 Å². The summed E-state index contributed by atoms with van der Waals surface area (Å²) in [4.78, 5) is 48.1. The molecule has 38 heavy (non-hydrogen) atoms. The van der Waals surface area contributed by atoms with E-state index in [1.807, 2.05) is 30.3 Å². The van der Waals surface area contributed by atoms with Crippen molar-refractivity contribution in [2.75, 3.05) is 19.5 Å². The number of carbonyl (C=O) groups is 3. The lowest BCUT2D eigenvalue weighted by molar-refractivity contribution is -0.131. The largest absolute Gasteiger partial charge is 0.497 e. The van der Waals surface area contributed by atoms with Crippen LogP contribution in [0.3, 0.4) is 0 Å². The molecular formula is C28H31N5O5. The highest BCUT2D eigenvalue weighted by molar-refractivity contribution is 6.02. The second kappa shape index (κ2) is 11.4. The Bertz CT molecular complexity index is 1310. The number of anilines is 1. The molecule has 1 fully saturated rings. The summed E-state index contributed by atoms with van der Waals surface area (Å²) in [6.45, 7) is 3.66. The van der Waals surface area contributed by atoms with Gasteiger partial charge in [-0.3, -0.25) is 14.4 Å². The predicted octanol–water partition coefficient (Wildman–Crippen LogP) is 1.80. The van der Waals surface area contributed by atoms with Crippen LogP contribution in [0.25, 0.3) is 0 Å². The Morgan fingerprint density at radius 1 is 1.03 bits per heavy atom. The minimum Gasteiger partial charge on any atom is -0.497 e. The van der Waals surface area contributed by atoms with Crippen LogP contribution in [0, 0.1) is 6.92 Å². The molecule has 10 heteroatoms. The quantitative estimate of drug-likeness (QED) is 0.326. The standard InChI is InChI=1S/C28H31N5O5/c1-17-30-15-21(25(29)31-17)26(35)33-23(14-19-9-11-20(37-3)12-10-19)27(36)32-22(24(34)28(2)16-38-28)13-18-7-5-4-6-8-18/h4-12,15,22-23H,13-14,16H2,1-3H3,(H,32,36)(H,33,35)(H2,29,30,31)/t22-,23-,28+/m0/s1. The van der Waals surface area contributed by atoms with Crippen LogP contribution in [-0.4, -0.2) is 59.0 Å². The number of ether oxygens (including phenoxy) is 2. The van der Waals surface area contributed by atoms with Crippen LogP contribution in [0.2, 0.25) is 0 Å². The molecule has 2 heterocycles. The molecule has 0 spiro atoms. The Labute approximate surface area is 221 Å². The van der Waals surface area contributed by atoms with E-state index in [2.05, 4.69) is 20.6 Å². The highest BCUT2D eigenvalue weighted by Gasteiger charge is 2.50. The molecule has 0 bridgehead atoms. The number of hydrogen-bond donors (Lipinski definition) is 3. The molecule has 2 aromatic carbocycles. The van der Waals surface area contributed by atoms with Crippen molar-refractivity contribution in [2.45, 2.75) is 44.4 Å². The van der Waals surface area contributed by atoms with Gasteiger partial charge in [-0.05, 0) is 43.5 Å². The number of aromatic nitrogens is 2. The summed E-state index contributed by atoms with van der Waals surface area (Å²) in [7, 11) is 1.56. The fourth-order valence-electron chi connectivity index (χ4n) is 4.06. The van der Waals surface area contributed by atoms with E-state index in [-0.39, 0.29) is 30.0 Å². The molecule has 4 rings (SSSR count). The van der Waals surface area contributed by atoms with Crippen molar-refractivity contribution in [1.29, 1.82) is 0 Å². The third-order valence-electron chi connectivity index (χ3n) is 6.42. The maximum atomic E-state index is 13.6. The number of hydrogen-bond acceptors (Lipinski definition) is 8. The van der Waals surface area contributed by atoms with E-state index in [4.69, 9.17) is 15.2 Å². The molecule has 0 aliphatic carbocycles. The Hall–Kier alpha value is -4.31. The number of carbonyl (C=O) groups excluding carboxylic acids is 3. The second-order valence-electron chi connectivity index (χ2n) is 9.43. The van der Waals surface area contributed by atoms with E-state index in [0.717, 1.165) is 11.1 Å². The summed E-state index contributed by atoms with van der Waals surface area (Å²) in [5.41, 5.74) is 6.72. The Morgan fingerprint density at radius 3 is 2.26 bits per heavy atom. The molecule has 1 aliphatic rings. The molecule has 198 valence electrons. The lowest BCUT2D eigenvalue weighted by Crippen LogP contribution is -2.55. The van der Waals surface area contributed by atoms with Crippen molar-refractivity contribution < 1.29 is 23.9 Å². The van der Waals surface area contributed by atoms with E-state index in [0.29, 0.717) is 18.2 Å². The summed E-state index contributed by atoms with van der Waals surface area (Å²) in [5.74, 6) is -0.243. The first-order valence-electron chi connectivity index (χ1n) is 12.2. The maximum Gasteiger partial charge on any atom is 0.257 e. The van der Waals surface area contributed by atoms with Crippen molar-refractivity contribution >= 4 is 23.4 Å². The molecule has 1 aromatic heterocycles. The van der Waals surface area contributed by atoms with Gasteiger partial charge in [0.2, 0.25) is 5.91 Å². The van der Waals surface area contributed by atoms with E-state index < -0.39 is 29.5 Å². The number of ketones is 1. The monoisotopic (exact) mass is 517 g/mol. The first kappa shape index (κ1) is 26.7. The van der Waals surface area contributed by atoms with Gasteiger partial charge in [0.1, 0.15) is 29.0 Å². The Morgan fingerprint density at radius 2 is 1.66 bits per heavy atom.